The number of rotatable bonds is 5. The molecule has 0 radical (unpaired) electrons. The normalized spacial score (nSPS) is 20.2. The van der Waals surface area contributed by atoms with E-state index in [4.69, 9.17) is 0 Å². The van der Waals surface area contributed by atoms with Gasteiger partial charge in [0.05, 0.1) is 11.7 Å². The molecule has 1 aromatic heterocycles. The Morgan fingerprint density at radius 1 is 1.20 bits per heavy atom. The molecule has 4 nitrogen and oxygen atoms in total. The number of benzene rings is 1. The van der Waals surface area contributed by atoms with Gasteiger partial charge in [-0.1, -0.05) is 18.2 Å². The van der Waals surface area contributed by atoms with E-state index in [1.165, 1.54) is 12.1 Å². The molecular weight excluding hydrogens is 331 g/mol. The number of alkyl halides is 3. The number of anilines is 1. The highest BCUT2D eigenvalue weighted by molar-refractivity contribution is 5.38. The Morgan fingerprint density at radius 3 is 2.64 bits per heavy atom. The lowest BCUT2D eigenvalue weighted by atomic mass is 9.80. The van der Waals surface area contributed by atoms with Gasteiger partial charge in [-0.05, 0) is 37.8 Å². The number of aryl methyl sites for hydroxylation is 1. The van der Waals surface area contributed by atoms with E-state index in [0.29, 0.717) is 43.0 Å². The summed E-state index contributed by atoms with van der Waals surface area (Å²) in [7, 11) is 0. The first kappa shape index (κ1) is 17.7. The first-order valence-electron chi connectivity index (χ1n) is 8.25. The fourth-order valence-electron chi connectivity index (χ4n) is 2.96. The predicted octanol–water partition coefficient (Wildman–Crippen LogP) is 3.70. The third kappa shape index (κ3) is 4.48. The molecule has 0 spiro atoms. The van der Waals surface area contributed by atoms with Crippen molar-refractivity contribution in [3.63, 3.8) is 0 Å². The SMILES string of the molecule is Cc1nc(NCCc2cccc(C(F)(F)F)c2)cc(C2CC(O)C2)n1. The van der Waals surface area contributed by atoms with Crippen LogP contribution in [0.2, 0.25) is 0 Å². The molecule has 0 atom stereocenters. The average Bonchev–Trinajstić information content (AvgIpc) is 2.51. The molecule has 7 heteroatoms. The van der Waals surface area contributed by atoms with Crippen LogP contribution < -0.4 is 5.32 Å². The van der Waals surface area contributed by atoms with Crippen molar-refractivity contribution < 1.29 is 18.3 Å². The second-order valence-corrected chi connectivity index (χ2v) is 6.42. The van der Waals surface area contributed by atoms with Crippen LogP contribution in [-0.2, 0) is 12.6 Å². The molecule has 134 valence electrons. The van der Waals surface area contributed by atoms with Crippen molar-refractivity contribution in [2.45, 2.75) is 44.4 Å². The molecule has 2 aromatic rings. The maximum atomic E-state index is 12.7. The quantitative estimate of drug-likeness (QED) is 0.862. The highest BCUT2D eigenvalue weighted by Gasteiger charge is 2.31. The van der Waals surface area contributed by atoms with E-state index in [1.54, 1.807) is 13.0 Å². The van der Waals surface area contributed by atoms with E-state index >= 15 is 0 Å². The summed E-state index contributed by atoms with van der Waals surface area (Å²) in [4.78, 5) is 8.72. The van der Waals surface area contributed by atoms with Crippen LogP contribution in [0.3, 0.4) is 0 Å². The van der Waals surface area contributed by atoms with E-state index in [1.807, 2.05) is 6.07 Å². The van der Waals surface area contributed by atoms with Crippen LogP contribution in [0.5, 0.6) is 0 Å². The number of hydrogen-bond acceptors (Lipinski definition) is 4. The number of aliphatic hydroxyl groups excluding tert-OH is 1. The van der Waals surface area contributed by atoms with Crippen molar-refractivity contribution in [1.29, 1.82) is 0 Å². The second kappa shape index (κ2) is 7.00. The summed E-state index contributed by atoms with van der Waals surface area (Å²) in [5.74, 6) is 1.55. The van der Waals surface area contributed by atoms with Gasteiger partial charge >= 0.3 is 6.18 Å². The first-order valence-corrected chi connectivity index (χ1v) is 8.25. The van der Waals surface area contributed by atoms with Gasteiger partial charge in [0.25, 0.3) is 0 Å². The van der Waals surface area contributed by atoms with Crippen molar-refractivity contribution in [3.05, 3.63) is 53.0 Å². The van der Waals surface area contributed by atoms with Crippen molar-refractivity contribution in [3.8, 4) is 0 Å². The summed E-state index contributed by atoms with van der Waals surface area (Å²) in [6.07, 6.45) is -2.70. The molecule has 1 aliphatic carbocycles. The Kier molecular flexibility index (Phi) is 4.94. The zero-order chi connectivity index (χ0) is 18.0. The Labute approximate surface area is 144 Å². The molecule has 0 aliphatic heterocycles. The smallest absolute Gasteiger partial charge is 0.393 e. The van der Waals surface area contributed by atoms with Gasteiger partial charge in [0, 0.05) is 24.2 Å². The molecule has 1 saturated carbocycles. The molecule has 0 amide bonds. The summed E-state index contributed by atoms with van der Waals surface area (Å²) >= 11 is 0. The van der Waals surface area contributed by atoms with Crippen LogP contribution in [0.4, 0.5) is 19.0 Å². The fourth-order valence-corrected chi connectivity index (χ4v) is 2.96. The minimum atomic E-state index is -4.32. The molecule has 1 heterocycles. The van der Waals surface area contributed by atoms with Crippen LogP contribution in [-0.4, -0.2) is 27.7 Å². The third-order valence-corrected chi connectivity index (χ3v) is 4.36. The van der Waals surface area contributed by atoms with Crippen molar-refractivity contribution >= 4 is 5.82 Å². The molecule has 1 aromatic carbocycles. The van der Waals surface area contributed by atoms with E-state index in [-0.39, 0.29) is 12.0 Å². The molecule has 2 N–H and O–H groups in total. The van der Waals surface area contributed by atoms with Crippen LogP contribution in [0.25, 0.3) is 0 Å². The molecule has 0 saturated heterocycles. The largest absolute Gasteiger partial charge is 0.416 e. The molecule has 25 heavy (non-hydrogen) atoms. The molecular formula is C18H20F3N3O. The minimum absolute atomic E-state index is 0.251. The van der Waals surface area contributed by atoms with E-state index in [0.717, 1.165) is 11.8 Å². The van der Waals surface area contributed by atoms with Gasteiger partial charge in [0.15, 0.2) is 0 Å². The van der Waals surface area contributed by atoms with Crippen molar-refractivity contribution in [2.75, 3.05) is 11.9 Å². The standard InChI is InChI=1S/C18H20F3N3O/c1-11-23-16(13-8-15(25)9-13)10-17(24-11)22-6-5-12-3-2-4-14(7-12)18(19,20)21/h2-4,7,10,13,15,25H,5-6,8-9H2,1H3,(H,22,23,24). The summed E-state index contributed by atoms with van der Waals surface area (Å²) in [5.41, 5.74) is 0.892. The van der Waals surface area contributed by atoms with Gasteiger partial charge in [-0.15, -0.1) is 0 Å². The number of nitrogens with one attached hydrogen (secondary N) is 1. The first-order chi connectivity index (χ1) is 11.8. The number of halogens is 3. The topological polar surface area (TPSA) is 58.0 Å². The van der Waals surface area contributed by atoms with Gasteiger partial charge in [0.2, 0.25) is 0 Å². The Hall–Kier alpha value is -2.15. The zero-order valence-corrected chi connectivity index (χ0v) is 13.8. The third-order valence-electron chi connectivity index (χ3n) is 4.36. The van der Waals surface area contributed by atoms with E-state index < -0.39 is 11.7 Å². The molecule has 0 bridgehead atoms. The lowest BCUT2D eigenvalue weighted by Crippen LogP contribution is -2.27. The molecule has 3 rings (SSSR count). The lowest BCUT2D eigenvalue weighted by molar-refractivity contribution is -0.137. The van der Waals surface area contributed by atoms with E-state index in [9.17, 15) is 18.3 Å². The Bertz CT molecular complexity index is 743. The van der Waals surface area contributed by atoms with Crippen LogP contribution >= 0.6 is 0 Å². The maximum Gasteiger partial charge on any atom is 0.416 e. The number of aliphatic hydroxyl groups is 1. The van der Waals surface area contributed by atoms with Crippen molar-refractivity contribution in [1.82, 2.24) is 9.97 Å². The van der Waals surface area contributed by atoms with Crippen LogP contribution in [0.1, 0.15) is 41.4 Å². The fraction of sp³-hybridized carbons (Fsp3) is 0.444. The lowest BCUT2D eigenvalue weighted by Gasteiger charge is -2.31. The number of aromatic nitrogens is 2. The Balaban J connectivity index is 1.61. The predicted molar refractivity (Wildman–Crippen MR) is 88.4 cm³/mol. The number of nitrogens with zero attached hydrogens (tertiary/aromatic N) is 2. The minimum Gasteiger partial charge on any atom is -0.393 e. The van der Waals surface area contributed by atoms with E-state index in [2.05, 4.69) is 15.3 Å². The zero-order valence-electron chi connectivity index (χ0n) is 13.8. The molecule has 1 fully saturated rings. The highest BCUT2D eigenvalue weighted by Crippen LogP contribution is 2.36. The highest BCUT2D eigenvalue weighted by atomic mass is 19.4. The van der Waals surface area contributed by atoms with Gasteiger partial charge in [0.1, 0.15) is 11.6 Å². The molecule has 0 unspecified atom stereocenters. The van der Waals surface area contributed by atoms with Gasteiger partial charge in [-0.2, -0.15) is 13.2 Å². The van der Waals surface area contributed by atoms with Crippen molar-refractivity contribution in [2.24, 2.45) is 0 Å². The van der Waals surface area contributed by atoms with Gasteiger partial charge < -0.3 is 10.4 Å². The summed E-state index contributed by atoms with van der Waals surface area (Å²) < 4.78 is 38.2. The Morgan fingerprint density at radius 2 is 1.96 bits per heavy atom. The monoisotopic (exact) mass is 351 g/mol. The maximum absolute atomic E-state index is 12.7. The summed E-state index contributed by atoms with van der Waals surface area (Å²) in [6.45, 7) is 2.28. The molecule has 1 aliphatic rings. The van der Waals surface area contributed by atoms with Gasteiger partial charge in [-0.3, -0.25) is 0 Å². The van der Waals surface area contributed by atoms with Crippen LogP contribution in [0, 0.1) is 6.92 Å². The summed E-state index contributed by atoms with van der Waals surface area (Å²) in [5, 5.41) is 12.6. The van der Waals surface area contributed by atoms with Gasteiger partial charge in [-0.25, -0.2) is 9.97 Å². The van der Waals surface area contributed by atoms with Crippen LogP contribution in [0.15, 0.2) is 30.3 Å². The second-order valence-electron chi connectivity index (χ2n) is 6.42. The summed E-state index contributed by atoms with van der Waals surface area (Å²) in [6, 6.07) is 7.21. The number of hydrogen-bond donors (Lipinski definition) is 2. The average molecular weight is 351 g/mol.